The lowest BCUT2D eigenvalue weighted by atomic mass is 9.83. The molecule has 2 atom stereocenters. The molecule has 1 aromatic carbocycles. The first-order chi connectivity index (χ1) is 9.69. The summed E-state index contributed by atoms with van der Waals surface area (Å²) in [6, 6.07) is 6.37. The van der Waals surface area contributed by atoms with Gasteiger partial charge < -0.3 is 9.84 Å². The van der Waals surface area contributed by atoms with E-state index in [9.17, 15) is 5.11 Å². The number of hydrogen-bond acceptors (Lipinski definition) is 3. The Balaban J connectivity index is 1.77. The SMILES string of the molecule is COc1ccc2c(c1)CCC(N1CCC(C)CC1)C2O. The van der Waals surface area contributed by atoms with Gasteiger partial charge in [-0.3, -0.25) is 4.90 Å². The quantitative estimate of drug-likeness (QED) is 0.901. The van der Waals surface area contributed by atoms with Crippen LogP contribution in [0.5, 0.6) is 5.75 Å². The minimum Gasteiger partial charge on any atom is -0.497 e. The molecule has 0 saturated carbocycles. The number of ether oxygens (including phenoxy) is 1. The average molecular weight is 275 g/mol. The summed E-state index contributed by atoms with van der Waals surface area (Å²) in [5.41, 5.74) is 2.35. The molecule has 0 spiro atoms. The summed E-state index contributed by atoms with van der Waals surface area (Å²) in [7, 11) is 1.69. The number of hydrogen-bond donors (Lipinski definition) is 1. The van der Waals surface area contributed by atoms with Crippen molar-refractivity contribution in [3.05, 3.63) is 29.3 Å². The highest BCUT2D eigenvalue weighted by molar-refractivity contribution is 5.39. The van der Waals surface area contributed by atoms with Crippen molar-refractivity contribution in [3.63, 3.8) is 0 Å². The van der Waals surface area contributed by atoms with Gasteiger partial charge in [-0.25, -0.2) is 0 Å². The van der Waals surface area contributed by atoms with Gasteiger partial charge in [-0.1, -0.05) is 13.0 Å². The predicted octanol–water partition coefficient (Wildman–Crippen LogP) is 2.78. The molecule has 1 aromatic rings. The van der Waals surface area contributed by atoms with Crippen molar-refractivity contribution in [1.82, 2.24) is 4.90 Å². The van der Waals surface area contributed by atoms with Gasteiger partial charge in [0.2, 0.25) is 0 Å². The van der Waals surface area contributed by atoms with Gasteiger partial charge in [-0.15, -0.1) is 0 Å². The second-order valence-electron chi connectivity index (χ2n) is 6.33. The molecule has 3 heteroatoms. The third kappa shape index (κ3) is 2.57. The van der Waals surface area contributed by atoms with Crippen molar-refractivity contribution in [2.75, 3.05) is 20.2 Å². The van der Waals surface area contributed by atoms with Crippen molar-refractivity contribution < 1.29 is 9.84 Å². The van der Waals surface area contributed by atoms with Crippen LogP contribution in [0.4, 0.5) is 0 Å². The Bertz CT molecular complexity index is 466. The summed E-state index contributed by atoms with van der Waals surface area (Å²) in [4.78, 5) is 2.50. The van der Waals surface area contributed by atoms with Crippen LogP contribution in [0.15, 0.2) is 18.2 Å². The molecule has 1 fully saturated rings. The normalized spacial score (nSPS) is 28.1. The molecule has 0 radical (unpaired) electrons. The Hall–Kier alpha value is -1.06. The van der Waals surface area contributed by atoms with Crippen LogP contribution < -0.4 is 4.74 Å². The summed E-state index contributed by atoms with van der Waals surface area (Å²) >= 11 is 0. The first-order valence-corrected chi connectivity index (χ1v) is 7.78. The van der Waals surface area contributed by atoms with Crippen LogP contribution in [0.3, 0.4) is 0 Å². The summed E-state index contributed by atoms with van der Waals surface area (Å²) in [5, 5.41) is 10.7. The molecular formula is C17H25NO2. The Labute approximate surface area is 121 Å². The molecule has 2 aliphatic rings. The minimum atomic E-state index is -0.349. The van der Waals surface area contributed by atoms with E-state index in [0.717, 1.165) is 43.2 Å². The highest BCUT2D eigenvalue weighted by atomic mass is 16.5. The predicted molar refractivity (Wildman–Crippen MR) is 80.0 cm³/mol. The van der Waals surface area contributed by atoms with E-state index in [1.807, 2.05) is 12.1 Å². The second-order valence-corrected chi connectivity index (χ2v) is 6.33. The highest BCUT2D eigenvalue weighted by Gasteiger charge is 2.33. The van der Waals surface area contributed by atoms with Crippen molar-refractivity contribution >= 4 is 0 Å². The summed E-state index contributed by atoms with van der Waals surface area (Å²) < 4.78 is 5.28. The number of piperidine rings is 1. The van der Waals surface area contributed by atoms with E-state index in [-0.39, 0.29) is 6.10 Å². The molecule has 1 aliphatic carbocycles. The summed E-state index contributed by atoms with van der Waals surface area (Å²) in [6.45, 7) is 4.60. The van der Waals surface area contributed by atoms with Gasteiger partial charge >= 0.3 is 0 Å². The van der Waals surface area contributed by atoms with Crippen molar-refractivity contribution in [2.45, 2.75) is 44.8 Å². The smallest absolute Gasteiger partial charge is 0.119 e. The van der Waals surface area contributed by atoms with Crippen LogP contribution in [0.25, 0.3) is 0 Å². The molecule has 110 valence electrons. The topological polar surface area (TPSA) is 32.7 Å². The maximum Gasteiger partial charge on any atom is 0.119 e. The van der Waals surface area contributed by atoms with Gasteiger partial charge in [0.1, 0.15) is 5.75 Å². The Morgan fingerprint density at radius 1 is 1.20 bits per heavy atom. The van der Waals surface area contributed by atoms with Crippen LogP contribution >= 0.6 is 0 Å². The molecule has 20 heavy (non-hydrogen) atoms. The van der Waals surface area contributed by atoms with Crippen molar-refractivity contribution in [3.8, 4) is 5.75 Å². The molecule has 1 heterocycles. The number of aliphatic hydroxyl groups excluding tert-OH is 1. The standard InChI is InChI=1S/C17H25NO2/c1-12-7-9-18(10-8-12)16-6-3-13-11-14(20-2)4-5-15(13)17(16)19/h4-5,11-12,16-17,19H,3,6-10H2,1-2H3. The molecular weight excluding hydrogens is 250 g/mol. The van der Waals surface area contributed by atoms with Crippen LogP contribution in [-0.2, 0) is 6.42 Å². The molecule has 0 bridgehead atoms. The number of rotatable bonds is 2. The first-order valence-electron chi connectivity index (χ1n) is 7.78. The van der Waals surface area contributed by atoms with Gasteiger partial charge in [0.05, 0.1) is 13.2 Å². The molecule has 1 N–H and O–H groups in total. The number of aryl methyl sites for hydroxylation is 1. The zero-order valence-corrected chi connectivity index (χ0v) is 12.5. The largest absolute Gasteiger partial charge is 0.497 e. The monoisotopic (exact) mass is 275 g/mol. The number of fused-ring (bicyclic) bond motifs is 1. The maximum atomic E-state index is 10.7. The van der Waals surface area contributed by atoms with Crippen molar-refractivity contribution in [1.29, 1.82) is 0 Å². The molecule has 1 aliphatic heterocycles. The fourth-order valence-corrected chi connectivity index (χ4v) is 3.63. The second kappa shape index (κ2) is 5.74. The number of benzene rings is 1. The number of nitrogens with zero attached hydrogens (tertiary/aromatic N) is 1. The van der Waals surface area contributed by atoms with Gasteiger partial charge in [-0.05, 0) is 68.0 Å². The summed E-state index contributed by atoms with van der Waals surface area (Å²) in [5.74, 6) is 1.73. The number of likely N-dealkylation sites (tertiary alicyclic amines) is 1. The Kier molecular flexibility index (Phi) is 3.99. The number of methoxy groups -OCH3 is 1. The van der Waals surface area contributed by atoms with E-state index in [4.69, 9.17) is 4.74 Å². The van der Waals surface area contributed by atoms with E-state index < -0.39 is 0 Å². The van der Waals surface area contributed by atoms with E-state index in [1.165, 1.54) is 18.4 Å². The third-order valence-electron chi connectivity index (χ3n) is 5.03. The molecule has 3 rings (SSSR count). The number of aliphatic hydroxyl groups is 1. The molecule has 0 amide bonds. The summed E-state index contributed by atoms with van der Waals surface area (Å²) in [6.07, 6.45) is 4.27. The molecule has 1 saturated heterocycles. The lowest BCUT2D eigenvalue weighted by Crippen LogP contribution is -2.46. The Morgan fingerprint density at radius 2 is 1.95 bits per heavy atom. The van der Waals surface area contributed by atoms with Crippen LogP contribution in [0, 0.1) is 5.92 Å². The molecule has 2 unspecified atom stereocenters. The van der Waals surface area contributed by atoms with Crippen LogP contribution in [-0.4, -0.2) is 36.2 Å². The van der Waals surface area contributed by atoms with E-state index in [2.05, 4.69) is 17.9 Å². The third-order valence-corrected chi connectivity index (χ3v) is 5.03. The van der Waals surface area contributed by atoms with Crippen LogP contribution in [0.2, 0.25) is 0 Å². The highest BCUT2D eigenvalue weighted by Crippen LogP contribution is 2.36. The fourth-order valence-electron chi connectivity index (χ4n) is 3.63. The van der Waals surface area contributed by atoms with Gasteiger partial charge in [0, 0.05) is 6.04 Å². The molecule has 0 aromatic heterocycles. The average Bonchev–Trinajstić information content (AvgIpc) is 2.48. The van der Waals surface area contributed by atoms with E-state index in [0.29, 0.717) is 6.04 Å². The first kappa shape index (κ1) is 13.9. The maximum absolute atomic E-state index is 10.7. The zero-order chi connectivity index (χ0) is 14.1. The van der Waals surface area contributed by atoms with E-state index in [1.54, 1.807) is 7.11 Å². The zero-order valence-electron chi connectivity index (χ0n) is 12.5. The minimum absolute atomic E-state index is 0.295. The van der Waals surface area contributed by atoms with Crippen LogP contribution in [0.1, 0.15) is 43.4 Å². The molecule has 3 nitrogen and oxygen atoms in total. The Morgan fingerprint density at radius 3 is 2.65 bits per heavy atom. The van der Waals surface area contributed by atoms with Gasteiger partial charge in [0.15, 0.2) is 0 Å². The lowest BCUT2D eigenvalue weighted by Gasteiger charge is -2.41. The fraction of sp³-hybridized carbons (Fsp3) is 0.647. The van der Waals surface area contributed by atoms with E-state index >= 15 is 0 Å². The lowest BCUT2D eigenvalue weighted by molar-refractivity contribution is 0.0190. The van der Waals surface area contributed by atoms with Gasteiger partial charge in [0.25, 0.3) is 0 Å². The van der Waals surface area contributed by atoms with Crippen molar-refractivity contribution in [2.24, 2.45) is 5.92 Å². The van der Waals surface area contributed by atoms with Gasteiger partial charge in [-0.2, -0.15) is 0 Å².